The molecule has 1 aliphatic heterocycles. The van der Waals surface area contributed by atoms with E-state index in [1.165, 1.54) is 11.1 Å². The molecule has 0 atom stereocenters. The van der Waals surface area contributed by atoms with Gasteiger partial charge < -0.3 is 0 Å². The molecule has 0 saturated heterocycles. The predicted octanol–water partition coefficient (Wildman–Crippen LogP) is 5.81. The van der Waals surface area contributed by atoms with Crippen LogP contribution in [0.15, 0.2) is 47.6 Å². The van der Waals surface area contributed by atoms with Crippen LogP contribution in [0.4, 0.5) is 5.69 Å². The van der Waals surface area contributed by atoms with Gasteiger partial charge in [-0.3, -0.25) is 0 Å². The zero-order chi connectivity index (χ0) is 14.5. The van der Waals surface area contributed by atoms with Gasteiger partial charge in [0.15, 0.2) is 0 Å². The number of hydrogen-bond donors (Lipinski definition) is 0. The first-order chi connectivity index (χ1) is 10.4. The SMILES string of the molecule is [N-]=[N+]=Nc1c2cccc1CSCc1cccc(c1)CSC2. The highest BCUT2D eigenvalue weighted by Gasteiger charge is 2.09. The molecule has 0 fully saturated rings. The van der Waals surface area contributed by atoms with E-state index < -0.39 is 0 Å². The van der Waals surface area contributed by atoms with E-state index in [0.29, 0.717) is 0 Å². The molecule has 0 radical (unpaired) electrons. The molecule has 0 aliphatic carbocycles. The largest absolute Gasteiger partial charge is 0.152 e. The van der Waals surface area contributed by atoms with Gasteiger partial charge in [-0.25, -0.2) is 0 Å². The number of fused-ring (bicyclic) bond motifs is 4. The van der Waals surface area contributed by atoms with Gasteiger partial charge in [0.05, 0.1) is 0 Å². The lowest BCUT2D eigenvalue weighted by molar-refractivity contribution is 1.25. The Hall–Kier alpha value is -1.55. The summed E-state index contributed by atoms with van der Waals surface area (Å²) < 4.78 is 0. The summed E-state index contributed by atoms with van der Waals surface area (Å²) in [5, 5.41) is 3.94. The Morgan fingerprint density at radius 2 is 1.43 bits per heavy atom. The summed E-state index contributed by atoms with van der Waals surface area (Å²) in [4.78, 5) is 3.01. The van der Waals surface area contributed by atoms with Crippen molar-refractivity contribution in [1.82, 2.24) is 0 Å². The van der Waals surface area contributed by atoms with Gasteiger partial charge in [-0.2, -0.15) is 23.5 Å². The standard InChI is InChI=1S/C16H15N3S2/c17-19-18-16-14-5-2-6-15(16)11-21-9-13-4-1-3-12(7-13)8-20-10-14/h1-7H,8-11H2. The number of benzene rings is 2. The first-order valence-electron chi connectivity index (χ1n) is 6.76. The lowest BCUT2D eigenvalue weighted by atomic mass is 10.1. The Morgan fingerprint density at radius 3 is 2.00 bits per heavy atom. The number of hydrogen-bond acceptors (Lipinski definition) is 3. The lowest BCUT2D eigenvalue weighted by Gasteiger charge is -2.13. The predicted molar refractivity (Wildman–Crippen MR) is 91.7 cm³/mol. The van der Waals surface area contributed by atoms with Crippen LogP contribution in [0, 0.1) is 0 Å². The first-order valence-corrected chi connectivity index (χ1v) is 9.07. The molecular weight excluding hydrogens is 298 g/mol. The smallest absolute Gasteiger partial charge is 0.0456 e. The fourth-order valence-corrected chi connectivity index (χ4v) is 4.36. The summed E-state index contributed by atoms with van der Waals surface area (Å²) in [6.07, 6.45) is 0. The van der Waals surface area contributed by atoms with Crippen LogP contribution in [-0.2, 0) is 23.0 Å². The Kier molecular flexibility index (Phi) is 4.76. The molecule has 0 N–H and O–H groups in total. The van der Waals surface area contributed by atoms with Gasteiger partial charge in [0.25, 0.3) is 0 Å². The molecule has 106 valence electrons. The maximum atomic E-state index is 8.83. The number of nitrogens with zero attached hydrogens (tertiary/aromatic N) is 3. The van der Waals surface area contributed by atoms with Gasteiger partial charge in [0.2, 0.25) is 0 Å². The lowest BCUT2D eigenvalue weighted by Crippen LogP contribution is -1.92. The van der Waals surface area contributed by atoms with E-state index in [0.717, 1.165) is 39.8 Å². The minimum atomic E-state index is 0.823. The molecule has 0 spiro atoms. The van der Waals surface area contributed by atoms with Crippen LogP contribution in [0.2, 0.25) is 0 Å². The van der Waals surface area contributed by atoms with Crippen LogP contribution in [0.1, 0.15) is 22.3 Å². The van der Waals surface area contributed by atoms with Crippen molar-refractivity contribution >= 4 is 29.2 Å². The van der Waals surface area contributed by atoms with Gasteiger partial charge in [0.1, 0.15) is 0 Å². The third kappa shape index (κ3) is 3.56. The Balaban J connectivity index is 1.94. The highest BCUT2D eigenvalue weighted by Crippen LogP contribution is 2.33. The maximum absolute atomic E-state index is 8.83. The minimum absolute atomic E-state index is 0.823. The number of rotatable bonds is 1. The average molecular weight is 313 g/mol. The van der Waals surface area contributed by atoms with E-state index in [1.807, 2.05) is 23.5 Å². The van der Waals surface area contributed by atoms with Crippen molar-refractivity contribution in [2.75, 3.05) is 0 Å². The van der Waals surface area contributed by atoms with E-state index in [9.17, 15) is 0 Å². The fourth-order valence-electron chi connectivity index (χ4n) is 2.42. The molecule has 1 aliphatic rings. The van der Waals surface area contributed by atoms with Crippen LogP contribution in [0.5, 0.6) is 0 Å². The molecular formula is C16H15N3S2. The Morgan fingerprint density at radius 1 is 0.857 bits per heavy atom. The van der Waals surface area contributed by atoms with Crippen LogP contribution >= 0.6 is 23.5 Å². The second kappa shape index (κ2) is 6.94. The molecule has 2 aromatic rings. The topological polar surface area (TPSA) is 48.8 Å². The van der Waals surface area contributed by atoms with E-state index in [1.54, 1.807) is 0 Å². The van der Waals surface area contributed by atoms with Gasteiger partial charge in [-0.05, 0) is 27.8 Å². The zero-order valence-corrected chi connectivity index (χ0v) is 13.2. The molecule has 0 unspecified atom stereocenters. The fraction of sp³-hybridized carbons (Fsp3) is 0.250. The molecule has 2 aromatic carbocycles. The molecule has 3 nitrogen and oxygen atoms in total. The van der Waals surface area contributed by atoms with Gasteiger partial charge in [-0.15, -0.1) is 0 Å². The van der Waals surface area contributed by atoms with E-state index >= 15 is 0 Å². The number of azide groups is 1. The summed E-state index contributed by atoms with van der Waals surface area (Å²) in [6, 6.07) is 15.0. The molecule has 5 heteroatoms. The van der Waals surface area contributed by atoms with Crippen molar-refractivity contribution in [3.63, 3.8) is 0 Å². The van der Waals surface area contributed by atoms with Crippen LogP contribution < -0.4 is 0 Å². The highest BCUT2D eigenvalue weighted by molar-refractivity contribution is 7.98. The van der Waals surface area contributed by atoms with E-state index in [2.05, 4.69) is 52.5 Å². The van der Waals surface area contributed by atoms with Crippen molar-refractivity contribution in [2.24, 2.45) is 5.11 Å². The third-order valence-electron chi connectivity index (χ3n) is 3.39. The van der Waals surface area contributed by atoms with Crippen molar-refractivity contribution in [1.29, 1.82) is 0 Å². The molecule has 4 bridgehead atoms. The summed E-state index contributed by atoms with van der Waals surface area (Å²) in [6.45, 7) is 0. The quantitative estimate of drug-likeness (QED) is 0.379. The van der Waals surface area contributed by atoms with Crippen LogP contribution in [0.25, 0.3) is 10.4 Å². The van der Waals surface area contributed by atoms with Crippen molar-refractivity contribution in [2.45, 2.75) is 23.0 Å². The molecule has 1 heterocycles. The van der Waals surface area contributed by atoms with Crippen LogP contribution in [0.3, 0.4) is 0 Å². The van der Waals surface area contributed by atoms with Gasteiger partial charge in [0, 0.05) is 33.6 Å². The normalized spacial score (nSPS) is 14.5. The number of thioether (sulfide) groups is 2. The van der Waals surface area contributed by atoms with Crippen molar-refractivity contribution in [3.05, 3.63) is 75.2 Å². The second-order valence-electron chi connectivity index (χ2n) is 4.92. The summed E-state index contributed by atoms with van der Waals surface area (Å²) in [5.74, 6) is 3.71. The summed E-state index contributed by atoms with van der Waals surface area (Å²) in [5.41, 5.74) is 14.6. The van der Waals surface area contributed by atoms with E-state index in [4.69, 9.17) is 5.53 Å². The van der Waals surface area contributed by atoms with Crippen molar-refractivity contribution < 1.29 is 0 Å². The maximum Gasteiger partial charge on any atom is 0.0456 e. The van der Waals surface area contributed by atoms with E-state index in [-0.39, 0.29) is 0 Å². The molecule has 0 saturated carbocycles. The average Bonchev–Trinajstić information content (AvgIpc) is 2.50. The van der Waals surface area contributed by atoms with Crippen molar-refractivity contribution in [3.8, 4) is 0 Å². The first kappa shape index (κ1) is 14.4. The highest BCUT2D eigenvalue weighted by atomic mass is 32.2. The molecule has 3 rings (SSSR count). The zero-order valence-electron chi connectivity index (χ0n) is 11.5. The monoisotopic (exact) mass is 313 g/mol. The van der Waals surface area contributed by atoms with Gasteiger partial charge in [-0.1, -0.05) is 47.6 Å². The summed E-state index contributed by atoms with van der Waals surface area (Å²) in [7, 11) is 0. The molecule has 21 heavy (non-hydrogen) atoms. The Labute approximate surface area is 132 Å². The molecule has 0 amide bonds. The van der Waals surface area contributed by atoms with Gasteiger partial charge >= 0.3 is 0 Å². The third-order valence-corrected chi connectivity index (χ3v) is 5.50. The summed E-state index contributed by atoms with van der Waals surface area (Å²) >= 11 is 3.72. The Bertz CT molecular complexity index is 650. The van der Waals surface area contributed by atoms with Crippen LogP contribution in [-0.4, -0.2) is 0 Å². The molecule has 0 aromatic heterocycles. The minimum Gasteiger partial charge on any atom is -0.152 e. The second-order valence-corrected chi connectivity index (χ2v) is 6.89.